The van der Waals surface area contributed by atoms with Crippen molar-refractivity contribution in [3.63, 3.8) is 0 Å². The summed E-state index contributed by atoms with van der Waals surface area (Å²) in [6.07, 6.45) is 7.08. The molecule has 6 rings (SSSR count). The van der Waals surface area contributed by atoms with Crippen LogP contribution in [0.25, 0.3) is 0 Å². The Morgan fingerprint density at radius 1 is 1.11 bits per heavy atom. The number of aryl methyl sites for hydroxylation is 1. The van der Waals surface area contributed by atoms with Crippen molar-refractivity contribution < 1.29 is 19.2 Å². The molecule has 2 aromatic heterocycles. The fourth-order valence-electron chi connectivity index (χ4n) is 5.60. The van der Waals surface area contributed by atoms with Crippen molar-refractivity contribution in [2.24, 2.45) is 11.3 Å². The van der Waals surface area contributed by atoms with Gasteiger partial charge in [-0.3, -0.25) is 24.3 Å². The van der Waals surface area contributed by atoms with E-state index in [-0.39, 0.29) is 35.8 Å². The number of hydrogen-bond acceptors (Lipinski definition) is 8. The Hall–Kier alpha value is -3.11. The van der Waals surface area contributed by atoms with Crippen molar-refractivity contribution in [1.29, 1.82) is 0 Å². The predicted molar refractivity (Wildman–Crippen MR) is 126 cm³/mol. The van der Waals surface area contributed by atoms with E-state index in [0.29, 0.717) is 38.1 Å². The Bertz CT molecular complexity index is 1120. The Morgan fingerprint density at radius 3 is 2.77 bits per heavy atom. The molecule has 0 radical (unpaired) electrons. The molecule has 2 aromatic rings. The summed E-state index contributed by atoms with van der Waals surface area (Å²) in [5.41, 5.74) is 1.90. The van der Waals surface area contributed by atoms with Crippen LogP contribution in [0.2, 0.25) is 0 Å². The first-order chi connectivity index (χ1) is 17.0. The number of anilines is 2. The molecule has 3 saturated heterocycles. The summed E-state index contributed by atoms with van der Waals surface area (Å²) < 4.78 is 5.24. The van der Waals surface area contributed by atoms with Gasteiger partial charge in [0.1, 0.15) is 12.4 Å². The van der Waals surface area contributed by atoms with Crippen LogP contribution < -0.4 is 9.80 Å². The molecule has 0 bridgehead atoms. The number of hydrogen-bond donors (Lipinski definition) is 0. The van der Waals surface area contributed by atoms with Crippen LogP contribution in [0.5, 0.6) is 0 Å². The van der Waals surface area contributed by atoms with Crippen LogP contribution in [-0.2, 0) is 19.2 Å². The lowest BCUT2D eigenvalue weighted by Gasteiger charge is -2.40. The lowest BCUT2D eigenvalue weighted by molar-refractivity contribution is -0.185. The highest BCUT2D eigenvalue weighted by Gasteiger charge is 2.57. The van der Waals surface area contributed by atoms with E-state index in [9.17, 15) is 9.59 Å². The summed E-state index contributed by atoms with van der Waals surface area (Å²) in [7, 11) is 0. The second-order valence-electron chi connectivity index (χ2n) is 9.97. The summed E-state index contributed by atoms with van der Waals surface area (Å²) in [5.74, 6) is 1.12. The fraction of sp³-hybridized carbons (Fsp3) is 0.560. The SMILES string of the molecule is Cc1ccc([C@@H]2CCON2C(=O)[C@@H]2CCN(c3nccc(N4CCOCC4=O)n3)CC23CC3)cn1. The van der Waals surface area contributed by atoms with E-state index >= 15 is 0 Å². The molecule has 35 heavy (non-hydrogen) atoms. The van der Waals surface area contributed by atoms with E-state index in [1.807, 2.05) is 25.3 Å². The van der Waals surface area contributed by atoms with Gasteiger partial charge in [0.2, 0.25) is 5.95 Å². The number of hydroxylamine groups is 2. The van der Waals surface area contributed by atoms with Crippen LogP contribution in [0.4, 0.5) is 11.8 Å². The van der Waals surface area contributed by atoms with Gasteiger partial charge in [0.25, 0.3) is 11.8 Å². The minimum Gasteiger partial charge on any atom is -0.370 e. The van der Waals surface area contributed by atoms with E-state index in [0.717, 1.165) is 43.5 Å². The lowest BCUT2D eigenvalue weighted by Crippen LogP contribution is -2.49. The van der Waals surface area contributed by atoms with Crippen molar-refractivity contribution in [3.8, 4) is 0 Å². The summed E-state index contributed by atoms with van der Waals surface area (Å²) >= 11 is 0. The summed E-state index contributed by atoms with van der Waals surface area (Å²) in [6, 6.07) is 5.70. The van der Waals surface area contributed by atoms with Gasteiger partial charge in [0.15, 0.2) is 0 Å². The molecule has 10 nitrogen and oxygen atoms in total. The van der Waals surface area contributed by atoms with Crippen LogP contribution in [0, 0.1) is 18.3 Å². The zero-order valence-electron chi connectivity index (χ0n) is 19.9. The minimum absolute atomic E-state index is 0.0775. The van der Waals surface area contributed by atoms with Gasteiger partial charge in [-0.25, -0.2) is 10.0 Å². The number of piperidine rings is 1. The van der Waals surface area contributed by atoms with Crippen molar-refractivity contribution in [1.82, 2.24) is 20.0 Å². The van der Waals surface area contributed by atoms with E-state index in [2.05, 4.69) is 14.9 Å². The van der Waals surface area contributed by atoms with Gasteiger partial charge in [-0.1, -0.05) is 6.07 Å². The third-order valence-corrected chi connectivity index (χ3v) is 7.74. The summed E-state index contributed by atoms with van der Waals surface area (Å²) in [6.45, 7) is 4.98. The van der Waals surface area contributed by atoms with Gasteiger partial charge < -0.3 is 9.64 Å². The highest BCUT2D eigenvalue weighted by molar-refractivity contribution is 5.94. The second-order valence-corrected chi connectivity index (χ2v) is 9.97. The molecular formula is C25H30N6O4. The number of morpholine rings is 1. The third-order valence-electron chi connectivity index (χ3n) is 7.74. The maximum absolute atomic E-state index is 13.7. The van der Waals surface area contributed by atoms with Crippen molar-refractivity contribution in [3.05, 3.63) is 41.9 Å². The summed E-state index contributed by atoms with van der Waals surface area (Å²) in [4.78, 5) is 49.3. The Kier molecular flexibility index (Phi) is 5.64. The molecule has 10 heteroatoms. The van der Waals surface area contributed by atoms with Gasteiger partial charge in [0.05, 0.1) is 25.8 Å². The maximum Gasteiger partial charge on any atom is 0.254 e. The van der Waals surface area contributed by atoms with Crippen molar-refractivity contribution in [2.45, 2.75) is 38.6 Å². The van der Waals surface area contributed by atoms with Crippen LogP contribution in [0.15, 0.2) is 30.6 Å². The molecule has 5 heterocycles. The topological polar surface area (TPSA) is 101 Å². The first kappa shape index (κ1) is 22.4. The van der Waals surface area contributed by atoms with Gasteiger partial charge in [-0.05, 0) is 49.3 Å². The monoisotopic (exact) mass is 478 g/mol. The third kappa shape index (κ3) is 4.14. The van der Waals surface area contributed by atoms with Crippen LogP contribution in [-0.4, -0.2) is 71.3 Å². The Balaban J connectivity index is 1.17. The number of carbonyl (C=O) groups is 2. The first-order valence-corrected chi connectivity index (χ1v) is 12.4. The standard InChI is InChI=1S/C25H30N6O4/c1-17-2-3-18(14-27-17)20-6-12-35-31(20)23(33)19-5-10-29(16-25(19)7-8-25)24-26-9-4-21(28-24)30-11-13-34-15-22(30)32/h2-4,9,14,19-20H,5-8,10-13,15-16H2,1H3/t19-,20-/m0/s1. The minimum atomic E-state index is -0.0900. The largest absolute Gasteiger partial charge is 0.370 e. The van der Waals surface area contributed by atoms with E-state index in [4.69, 9.17) is 14.6 Å². The summed E-state index contributed by atoms with van der Waals surface area (Å²) in [5, 5.41) is 1.62. The fourth-order valence-corrected chi connectivity index (χ4v) is 5.60. The van der Waals surface area contributed by atoms with E-state index in [1.165, 1.54) is 0 Å². The molecule has 2 atom stereocenters. The number of pyridine rings is 1. The van der Waals surface area contributed by atoms with Crippen LogP contribution >= 0.6 is 0 Å². The maximum atomic E-state index is 13.7. The highest BCUT2D eigenvalue weighted by Crippen LogP contribution is 2.57. The van der Waals surface area contributed by atoms with E-state index in [1.54, 1.807) is 22.2 Å². The molecule has 1 saturated carbocycles. The van der Waals surface area contributed by atoms with Crippen LogP contribution in [0.1, 0.15) is 43.0 Å². The molecule has 0 aromatic carbocycles. The van der Waals surface area contributed by atoms with E-state index < -0.39 is 0 Å². The average Bonchev–Trinajstić information content (AvgIpc) is 3.45. The van der Waals surface area contributed by atoms with Crippen molar-refractivity contribution in [2.75, 3.05) is 49.3 Å². The normalized spacial score (nSPS) is 25.9. The lowest BCUT2D eigenvalue weighted by atomic mass is 9.81. The molecule has 2 amide bonds. The molecule has 184 valence electrons. The zero-order valence-corrected chi connectivity index (χ0v) is 19.9. The molecule has 3 aliphatic heterocycles. The highest BCUT2D eigenvalue weighted by atomic mass is 16.7. The number of ether oxygens (including phenoxy) is 1. The van der Waals surface area contributed by atoms with Gasteiger partial charge in [0, 0.05) is 43.5 Å². The molecule has 0 N–H and O–H groups in total. The number of carbonyl (C=O) groups excluding carboxylic acids is 2. The van der Waals surface area contributed by atoms with Gasteiger partial charge >= 0.3 is 0 Å². The number of aromatic nitrogens is 3. The van der Waals surface area contributed by atoms with Crippen LogP contribution in [0.3, 0.4) is 0 Å². The molecule has 4 aliphatic rings. The van der Waals surface area contributed by atoms with Gasteiger partial charge in [-0.2, -0.15) is 4.98 Å². The van der Waals surface area contributed by atoms with Gasteiger partial charge in [-0.15, -0.1) is 0 Å². The molecule has 4 fully saturated rings. The second kappa shape index (κ2) is 8.83. The Labute approximate surface area is 204 Å². The number of nitrogens with zero attached hydrogens (tertiary/aromatic N) is 6. The number of amides is 2. The first-order valence-electron chi connectivity index (χ1n) is 12.4. The molecule has 1 spiro atoms. The smallest absolute Gasteiger partial charge is 0.254 e. The molecule has 1 aliphatic carbocycles. The molecular weight excluding hydrogens is 448 g/mol. The predicted octanol–water partition coefficient (Wildman–Crippen LogP) is 2.05. The number of rotatable bonds is 4. The zero-order chi connectivity index (χ0) is 24.0. The van der Waals surface area contributed by atoms with Crippen molar-refractivity contribution >= 4 is 23.6 Å². The quantitative estimate of drug-likeness (QED) is 0.658. The average molecular weight is 479 g/mol. The molecule has 0 unspecified atom stereocenters. The Morgan fingerprint density at radius 2 is 2.00 bits per heavy atom.